The fraction of sp³-hybridized carbons (Fsp3) is 0.0714. The molecule has 1 aromatic carbocycles. The van der Waals surface area contributed by atoms with Gasteiger partial charge in [0.2, 0.25) is 0 Å². The SMILES string of the molecule is COc1ccc2oc(-c3ccnc([N+](=O)[O-])c3)cc2c1. The molecule has 0 saturated carbocycles. The van der Waals surface area contributed by atoms with Crippen LogP contribution in [0.25, 0.3) is 22.3 Å². The largest absolute Gasteiger partial charge is 0.497 e. The maximum atomic E-state index is 10.7. The molecule has 6 nitrogen and oxygen atoms in total. The van der Waals surface area contributed by atoms with Crippen LogP contribution in [-0.4, -0.2) is 17.0 Å². The molecule has 0 fully saturated rings. The highest BCUT2D eigenvalue weighted by Gasteiger charge is 2.12. The Balaban J connectivity index is 2.10. The average Bonchev–Trinajstić information content (AvgIpc) is 2.90. The number of methoxy groups -OCH3 is 1. The van der Waals surface area contributed by atoms with E-state index < -0.39 is 4.92 Å². The van der Waals surface area contributed by atoms with Crippen molar-refractivity contribution in [2.75, 3.05) is 7.11 Å². The van der Waals surface area contributed by atoms with Crippen LogP contribution in [0.2, 0.25) is 0 Å². The zero-order chi connectivity index (χ0) is 14.1. The van der Waals surface area contributed by atoms with Crippen molar-refractivity contribution < 1.29 is 14.1 Å². The first-order valence-electron chi connectivity index (χ1n) is 5.86. The van der Waals surface area contributed by atoms with E-state index in [0.29, 0.717) is 16.9 Å². The third-order valence-corrected chi connectivity index (χ3v) is 2.94. The van der Waals surface area contributed by atoms with E-state index in [1.165, 1.54) is 12.3 Å². The molecule has 0 spiro atoms. The highest BCUT2D eigenvalue weighted by molar-refractivity contribution is 5.84. The van der Waals surface area contributed by atoms with Gasteiger partial charge in [0.15, 0.2) is 0 Å². The monoisotopic (exact) mass is 270 g/mol. The molecule has 0 atom stereocenters. The topological polar surface area (TPSA) is 78.4 Å². The minimum Gasteiger partial charge on any atom is -0.497 e. The van der Waals surface area contributed by atoms with Crippen molar-refractivity contribution in [3.63, 3.8) is 0 Å². The lowest BCUT2D eigenvalue weighted by molar-refractivity contribution is -0.389. The summed E-state index contributed by atoms with van der Waals surface area (Å²) in [5, 5.41) is 11.6. The van der Waals surface area contributed by atoms with E-state index in [9.17, 15) is 10.1 Å². The van der Waals surface area contributed by atoms with Gasteiger partial charge in [-0.05, 0) is 40.2 Å². The van der Waals surface area contributed by atoms with Gasteiger partial charge in [-0.25, -0.2) is 0 Å². The zero-order valence-electron chi connectivity index (χ0n) is 10.6. The molecule has 2 heterocycles. The molecule has 100 valence electrons. The Bertz CT molecular complexity index is 795. The van der Waals surface area contributed by atoms with Crippen LogP contribution in [0.5, 0.6) is 5.75 Å². The summed E-state index contributed by atoms with van der Waals surface area (Å²) in [6, 6.07) is 10.3. The lowest BCUT2D eigenvalue weighted by Gasteiger charge is -1.96. The fourth-order valence-electron chi connectivity index (χ4n) is 1.96. The number of nitrogens with zero attached hydrogens (tertiary/aromatic N) is 2. The Labute approximate surface area is 113 Å². The molecule has 0 bridgehead atoms. The number of hydrogen-bond acceptors (Lipinski definition) is 5. The molecule has 0 amide bonds. The number of aromatic nitrogens is 1. The quantitative estimate of drug-likeness (QED) is 0.538. The Hall–Kier alpha value is -2.89. The van der Waals surface area contributed by atoms with Crippen LogP contribution in [0.4, 0.5) is 5.82 Å². The molecule has 0 radical (unpaired) electrons. The number of fused-ring (bicyclic) bond motifs is 1. The van der Waals surface area contributed by atoms with Crippen LogP contribution in [0.3, 0.4) is 0 Å². The lowest BCUT2D eigenvalue weighted by Crippen LogP contribution is -1.91. The number of rotatable bonds is 3. The van der Waals surface area contributed by atoms with Crippen molar-refractivity contribution in [1.82, 2.24) is 4.98 Å². The molecular formula is C14H10N2O4. The van der Waals surface area contributed by atoms with Crippen LogP contribution in [0.1, 0.15) is 0 Å². The molecule has 20 heavy (non-hydrogen) atoms. The number of pyridine rings is 1. The molecule has 0 N–H and O–H groups in total. The van der Waals surface area contributed by atoms with Gasteiger partial charge < -0.3 is 19.3 Å². The number of ether oxygens (including phenoxy) is 1. The number of hydrogen-bond donors (Lipinski definition) is 0. The predicted octanol–water partition coefficient (Wildman–Crippen LogP) is 3.41. The van der Waals surface area contributed by atoms with Gasteiger partial charge in [-0.2, -0.15) is 0 Å². The van der Waals surface area contributed by atoms with Gasteiger partial charge in [0.05, 0.1) is 7.11 Å². The van der Waals surface area contributed by atoms with Crippen molar-refractivity contribution in [2.24, 2.45) is 0 Å². The molecule has 3 rings (SSSR count). The third kappa shape index (κ3) is 2.07. The van der Waals surface area contributed by atoms with Crippen molar-refractivity contribution in [1.29, 1.82) is 0 Å². The molecular weight excluding hydrogens is 260 g/mol. The predicted molar refractivity (Wildman–Crippen MR) is 72.7 cm³/mol. The van der Waals surface area contributed by atoms with Gasteiger partial charge in [-0.3, -0.25) is 0 Å². The van der Waals surface area contributed by atoms with E-state index in [4.69, 9.17) is 9.15 Å². The van der Waals surface area contributed by atoms with Crippen molar-refractivity contribution in [3.05, 3.63) is 52.7 Å². The van der Waals surface area contributed by atoms with Gasteiger partial charge in [0.1, 0.15) is 23.3 Å². The summed E-state index contributed by atoms with van der Waals surface area (Å²) in [6.07, 6.45) is 1.39. The van der Waals surface area contributed by atoms with Crippen LogP contribution in [0, 0.1) is 10.1 Å². The molecule has 0 aliphatic carbocycles. The van der Waals surface area contributed by atoms with E-state index in [2.05, 4.69) is 4.98 Å². The van der Waals surface area contributed by atoms with Gasteiger partial charge in [-0.1, -0.05) is 0 Å². The van der Waals surface area contributed by atoms with E-state index in [0.717, 1.165) is 11.1 Å². The van der Waals surface area contributed by atoms with Crippen LogP contribution < -0.4 is 4.74 Å². The minimum atomic E-state index is -0.533. The molecule has 2 aromatic heterocycles. The first-order valence-corrected chi connectivity index (χ1v) is 5.86. The second kappa shape index (κ2) is 4.65. The lowest BCUT2D eigenvalue weighted by atomic mass is 10.2. The first kappa shape index (κ1) is 12.2. The Kier molecular flexibility index (Phi) is 2.83. The summed E-state index contributed by atoms with van der Waals surface area (Å²) in [6.45, 7) is 0. The number of benzene rings is 1. The first-order chi connectivity index (χ1) is 9.67. The summed E-state index contributed by atoms with van der Waals surface area (Å²) >= 11 is 0. The average molecular weight is 270 g/mol. The van der Waals surface area contributed by atoms with Crippen LogP contribution in [-0.2, 0) is 0 Å². The molecule has 0 aliphatic rings. The van der Waals surface area contributed by atoms with E-state index in [1.807, 2.05) is 12.1 Å². The third-order valence-electron chi connectivity index (χ3n) is 2.94. The van der Waals surface area contributed by atoms with Gasteiger partial charge in [0, 0.05) is 17.0 Å². The normalized spacial score (nSPS) is 10.7. The molecule has 3 aromatic rings. The van der Waals surface area contributed by atoms with Gasteiger partial charge in [0.25, 0.3) is 0 Å². The van der Waals surface area contributed by atoms with Crippen molar-refractivity contribution in [3.8, 4) is 17.1 Å². The summed E-state index contributed by atoms with van der Waals surface area (Å²) in [7, 11) is 1.59. The van der Waals surface area contributed by atoms with Crippen LogP contribution >= 0.6 is 0 Å². The molecule has 6 heteroatoms. The zero-order valence-corrected chi connectivity index (χ0v) is 10.6. The maximum Gasteiger partial charge on any atom is 0.364 e. The summed E-state index contributed by atoms with van der Waals surface area (Å²) < 4.78 is 10.8. The smallest absolute Gasteiger partial charge is 0.364 e. The highest BCUT2D eigenvalue weighted by Crippen LogP contribution is 2.30. The van der Waals surface area contributed by atoms with Crippen LogP contribution in [0.15, 0.2) is 47.0 Å². The number of nitro groups is 1. The molecule has 0 unspecified atom stereocenters. The van der Waals surface area contributed by atoms with Crippen molar-refractivity contribution >= 4 is 16.8 Å². The summed E-state index contributed by atoms with van der Waals surface area (Å²) in [4.78, 5) is 13.9. The Morgan fingerprint density at radius 2 is 2.10 bits per heavy atom. The van der Waals surface area contributed by atoms with Crippen molar-refractivity contribution in [2.45, 2.75) is 0 Å². The Morgan fingerprint density at radius 1 is 1.25 bits per heavy atom. The van der Waals surface area contributed by atoms with E-state index in [-0.39, 0.29) is 5.82 Å². The molecule has 0 saturated heterocycles. The summed E-state index contributed by atoms with van der Waals surface area (Å²) in [5.41, 5.74) is 1.31. The standard InChI is InChI=1S/C14H10N2O4/c1-19-11-2-3-12-10(6-11)7-13(20-12)9-4-5-15-14(8-9)16(17)18/h2-8H,1H3. The minimum absolute atomic E-state index is 0.208. The molecule has 0 aliphatic heterocycles. The summed E-state index contributed by atoms with van der Waals surface area (Å²) in [5.74, 6) is 1.07. The Morgan fingerprint density at radius 3 is 2.85 bits per heavy atom. The second-order valence-electron chi connectivity index (χ2n) is 4.17. The van der Waals surface area contributed by atoms with Gasteiger partial charge in [-0.15, -0.1) is 0 Å². The second-order valence-corrected chi connectivity index (χ2v) is 4.17. The fourth-order valence-corrected chi connectivity index (χ4v) is 1.96. The highest BCUT2D eigenvalue weighted by atomic mass is 16.6. The maximum absolute atomic E-state index is 10.7. The number of furan rings is 1. The van der Waals surface area contributed by atoms with E-state index in [1.54, 1.807) is 25.3 Å². The van der Waals surface area contributed by atoms with E-state index >= 15 is 0 Å². The van der Waals surface area contributed by atoms with Gasteiger partial charge >= 0.3 is 5.82 Å².